The van der Waals surface area contributed by atoms with Gasteiger partial charge in [-0.1, -0.05) is 18.2 Å². The predicted molar refractivity (Wildman–Crippen MR) is 114 cm³/mol. The van der Waals surface area contributed by atoms with E-state index in [0.29, 0.717) is 31.0 Å². The zero-order valence-electron chi connectivity index (χ0n) is 17.2. The molecule has 0 unspecified atom stereocenters. The first-order chi connectivity index (χ1) is 15.1. The third-order valence-corrected chi connectivity index (χ3v) is 5.76. The van der Waals surface area contributed by atoms with Crippen LogP contribution in [0, 0.1) is 0 Å². The van der Waals surface area contributed by atoms with Crippen molar-refractivity contribution in [3.63, 3.8) is 0 Å². The molecule has 0 saturated heterocycles. The molecule has 0 spiro atoms. The van der Waals surface area contributed by atoms with Gasteiger partial charge in [0, 0.05) is 36.9 Å². The molecule has 1 aromatic carbocycles. The van der Waals surface area contributed by atoms with Gasteiger partial charge in [-0.3, -0.25) is 14.3 Å². The Bertz CT molecular complexity index is 1240. The Labute approximate surface area is 179 Å². The maximum Gasteiger partial charge on any atom is 0.256 e. The largest absolute Gasteiger partial charge is 0.467 e. The van der Waals surface area contributed by atoms with Crippen LogP contribution in [0.4, 0.5) is 0 Å². The Kier molecular flexibility index (Phi) is 4.82. The van der Waals surface area contributed by atoms with Gasteiger partial charge in [0.2, 0.25) is 5.91 Å². The van der Waals surface area contributed by atoms with Crippen LogP contribution in [0.1, 0.15) is 34.3 Å². The van der Waals surface area contributed by atoms with Crippen molar-refractivity contribution in [2.75, 3.05) is 6.54 Å². The van der Waals surface area contributed by atoms with Gasteiger partial charge in [-0.05, 0) is 24.3 Å². The number of nitrogens with zero attached hydrogens (tertiary/aromatic N) is 4. The number of nitrogens with one attached hydrogen (secondary N) is 1. The second-order valence-corrected chi connectivity index (χ2v) is 7.84. The lowest BCUT2D eigenvalue weighted by Crippen LogP contribution is -2.42. The minimum absolute atomic E-state index is 0.0368. The number of amides is 2. The summed E-state index contributed by atoms with van der Waals surface area (Å²) in [7, 11) is 1.94. The van der Waals surface area contributed by atoms with Crippen molar-refractivity contribution in [1.29, 1.82) is 0 Å². The molecule has 158 valence electrons. The van der Waals surface area contributed by atoms with Crippen LogP contribution in [-0.4, -0.2) is 37.6 Å². The van der Waals surface area contributed by atoms with Crippen LogP contribution in [-0.2, 0) is 24.9 Å². The number of para-hydroxylation sites is 1. The van der Waals surface area contributed by atoms with E-state index in [1.165, 1.54) is 0 Å². The Morgan fingerprint density at radius 1 is 1.19 bits per heavy atom. The second-order valence-electron chi connectivity index (χ2n) is 7.84. The van der Waals surface area contributed by atoms with Crippen LogP contribution in [0.25, 0.3) is 10.9 Å². The van der Waals surface area contributed by atoms with Crippen LogP contribution in [0.5, 0.6) is 0 Å². The molecule has 0 radical (unpaired) electrons. The molecule has 8 nitrogen and oxygen atoms in total. The molecule has 1 N–H and O–H groups in total. The van der Waals surface area contributed by atoms with E-state index in [4.69, 9.17) is 4.42 Å². The molecule has 8 heteroatoms. The summed E-state index contributed by atoms with van der Waals surface area (Å²) < 4.78 is 9.09. The molecule has 0 saturated carbocycles. The fourth-order valence-electron chi connectivity index (χ4n) is 4.26. The molecule has 2 amide bonds. The molecule has 4 aromatic rings. The number of furan rings is 1. The highest BCUT2D eigenvalue weighted by molar-refractivity contribution is 6.07. The topological polar surface area (TPSA) is 85.3 Å². The van der Waals surface area contributed by atoms with Crippen molar-refractivity contribution in [3.05, 3.63) is 78.1 Å². The molecule has 0 bridgehead atoms. The molecule has 1 atom stereocenters. The average Bonchev–Trinajstić information content (AvgIpc) is 3.52. The van der Waals surface area contributed by atoms with Gasteiger partial charge in [0.15, 0.2) is 0 Å². The molecular formula is C23H23N5O3. The summed E-state index contributed by atoms with van der Waals surface area (Å²) in [6.45, 7) is 1.22. The van der Waals surface area contributed by atoms with Crippen LogP contribution in [0.15, 0.2) is 65.5 Å². The van der Waals surface area contributed by atoms with E-state index in [1.54, 1.807) is 18.5 Å². The first-order valence-corrected chi connectivity index (χ1v) is 10.2. The summed E-state index contributed by atoms with van der Waals surface area (Å²) in [6.07, 6.45) is 5.41. The van der Waals surface area contributed by atoms with Crippen LogP contribution in [0.3, 0.4) is 0 Å². The summed E-state index contributed by atoms with van der Waals surface area (Å²) in [5.41, 5.74) is 2.61. The minimum Gasteiger partial charge on any atom is -0.467 e. The van der Waals surface area contributed by atoms with Gasteiger partial charge < -0.3 is 19.2 Å². The number of aryl methyl sites for hydroxylation is 1. The smallest absolute Gasteiger partial charge is 0.256 e. The number of carbonyl (C=O) groups excluding carboxylic acids is 2. The fourth-order valence-corrected chi connectivity index (χ4v) is 4.26. The van der Waals surface area contributed by atoms with E-state index < -0.39 is 0 Å². The number of rotatable bonds is 5. The number of carbonyl (C=O) groups is 2. The highest BCUT2D eigenvalue weighted by Gasteiger charge is 2.31. The van der Waals surface area contributed by atoms with Crippen LogP contribution in [0.2, 0.25) is 0 Å². The van der Waals surface area contributed by atoms with Crippen molar-refractivity contribution >= 4 is 22.7 Å². The predicted octanol–water partition coefficient (Wildman–Crippen LogP) is 2.87. The molecule has 31 heavy (non-hydrogen) atoms. The SMILES string of the molecule is Cn1cc(C(=O)N2Cc3ccnn3[C@H](CC(=O)NCc3ccco3)C2)c2ccccc21. The zero-order valence-corrected chi connectivity index (χ0v) is 17.2. The second kappa shape index (κ2) is 7.79. The molecule has 0 fully saturated rings. The van der Waals surface area contributed by atoms with Crippen molar-refractivity contribution in [3.8, 4) is 0 Å². The normalized spacial score (nSPS) is 15.8. The number of hydrogen-bond donors (Lipinski definition) is 1. The summed E-state index contributed by atoms with van der Waals surface area (Å²) in [6, 6.07) is 13.2. The molecule has 0 aliphatic carbocycles. The number of hydrogen-bond acceptors (Lipinski definition) is 4. The monoisotopic (exact) mass is 417 g/mol. The quantitative estimate of drug-likeness (QED) is 0.541. The third-order valence-electron chi connectivity index (χ3n) is 5.76. The van der Waals surface area contributed by atoms with E-state index in [1.807, 2.05) is 63.8 Å². The third kappa shape index (κ3) is 3.61. The van der Waals surface area contributed by atoms with E-state index in [-0.39, 0.29) is 24.3 Å². The summed E-state index contributed by atoms with van der Waals surface area (Å²) in [5.74, 6) is 0.553. The van der Waals surface area contributed by atoms with E-state index in [2.05, 4.69) is 10.4 Å². The molecular weight excluding hydrogens is 394 g/mol. The van der Waals surface area contributed by atoms with Gasteiger partial charge >= 0.3 is 0 Å². The Morgan fingerprint density at radius 3 is 2.90 bits per heavy atom. The maximum absolute atomic E-state index is 13.4. The molecule has 1 aliphatic rings. The molecule has 3 aromatic heterocycles. The highest BCUT2D eigenvalue weighted by Crippen LogP contribution is 2.27. The Hall–Kier alpha value is -3.81. The lowest BCUT2D eigenvalue weighted by atomic mass is 10.1. The Balaban J connectivity index is 1.35. The average molecular weight is 417 g/mol. The first-order valence-electron chi connectivity index (χ1n) is 10.2. The van der Waals surface area contributed by atoms with Crippen molar-refractivity contribution in [2.24, 2.45) is 7.05 Å². The van der Waals surface area contributed by atoms with Gasteiger partial charge in [0.25, 0.3) is 5.91 Å². The molecule has 5 rings (SSSR count). The van der Waals surface area contributed by atoms with Gasteiger partial charge in [-0.15, -0.1) is 0 Å². The summed E-state index contributed by atoms with van der Waals surface area (Å²) in [5, 5.41) is 8.21. The number of fused-ring (bicyclic) bond motifs is 2. The lowest BCUT2D eigenvalue weighted by Gasteiger charge is -2.33. The van der Waals surface area contributed by atoms with Gasteiger partial charge in [-0.2, -0.15) is 5.10 Å². The van der Waals surface area contributed by atoms with Crippen LogP contribution >= 0.6 is 0 Å². The van der Waals surface area contributed by atoms with E-state index in [0.717, 1.165) is 16.6 Å². The standard InChI is InChI=1S/C23H23N5O3/c1-26-15-20(19-6-2-3-7-21(19)26)23(30)27-13-16-8-9-25-28(16)17(14-27)11-22(29)24-12-18-5-4-10-31-18/h2-10,15,17H,11-14H2,1H3,(H,24,29)/t17-/m1/s1. The van der Waals surface area contributed by atoms with Crippen LogP contribution < -0.4 is 5.32 Å². The number of benzene rings is 1. The minimum atomic E-state index is -0.228. The van der Waals surface area contributed by atoms with E-state index >= 15 is 0 Å². The van der Waals surface area contributed by atoms with Gasteiger partial charge in [-0.25, -0.2) is 0 Å². The van der Waals surface area contributed by atoms with Gasteiger partial charge in [0.05, 0.1) is 43.1 Å². The summed E-state index contributed by atoms with van der Waals surface area (Å²) >= 11 is 0. The molecule has 1 aliphatic heterocycles. The maximum atomic E-state index is 13.4. The van der Waals surface area contributed by atoms with Crippen molar-refractivity contribution in [1.82, 2.24) is 24.6 Å². The molecule has 4 heterocycles. The summed E-state index contributed by atoms with van der Waals surface area (Å²) in [4.78, 5) is 27.8. The van der Waals surface area contributed by atoms with Crippen molar-refractivity contribution in [2.45, 2.75) is 25.6 Å². The Morgan fingerprint density at radius 2 is 2.06 bits per heavy atom. The van der Waals surface area contributed by atoms with E-state index in [9.17, 15) is 9.59 Å². The lowest BCUT2D eigenvalue weighted by molar-refractivity contribution is -0.122. The fraction of sp³-hybridized carbons (Fsp3) is 0.261. The van der Waals surface area contributed by atoms with Crippen molar-refractivity contribution < 1.29 is 14.0 Å². The first kappa shape index (κ1) is 19.2. The van der Waals surface area contributed by atoms with Gasteiger partial charge in [0.1, 0.15) is 5.76 Å². The zero-order chi connectivity index (χ0) is 21.4. The number of aromatic nitrogens is 3. The highest BCUT2D eigenvalue weighted by atomic mass is 16.3.